The van der Waals surface area contributed by atoms with Crippen LogP contribution in [0.4, 0.5) is 4.79 Å². The molecule has 0 aliphatic carbocycles. The fraction of sp³-hybridized carbons (Fsp3) is 0.476. The summed E-state index contributed by atoms with van der Waals surface area (Å²) in [5.74, 6) is -0.135. The van der Waals surface area contributed by atoms with Gasteiger partial charge in [-0.1, -0.05) is 26.0 Å². The van der Waals surface area contributed by atoms with Gasteiger partial charge in [-0.15, -0.1) is 11.3 Å². The van der Waals surface area contributed by atoms with Crippen molar-refractivity contribution in [1.82, 2.24) is 15.6 Å². The maximum Gasteiger partial charge on any atom is 0.407 e. The zero-order valence-electron chi connectivity index (χ0n) is 17.3. The van der Waals surface area contributed by atoms with E-state index >= 15 is 0 Å². The summed E-state index contributed by atoms with van der Waals surface area (Å²) in [6.45, 7) is 11.6. The quantitative estimate of drug-likeness (QED) is 0.702. The molecule has 0 saturated carbocycles. The molecule has 1 aromatic carbocycles. The van der Waals surface area contributed by atoms with Gasteiger partial charge in [0.1, 0.15) is 10.6 Å². The fourth-order valence-electron chi connectivity index (χ4n) is 2.39. The summed E-state index contributed by atoms with van der Waals surface area (Å²) in [6.07, 6.45) is 2.69. The lowest BCUT2D eigenvalue weighted by Gasteiger charge is -2.35. The van der Waals surface area contributed by atoms with Crippen molar-refractivity contribution in [2.75, 3.05) is 6.54 Å². The first kappa shape index (κ1) is 21.9. The van der Waals surface area contributed by atoms with Gasteiger partial charge in [0.05, 0.1) is 15.8 Å². The third kappa shape index (κ3) is 6.34. The summed E-state index contributed by atoms with van der Waals surface area (Å²) in [7, 11) is 0. The highest BCUT2D eigenvalue weighted by molar-refractivity contribution is 7.19. The maximum atomic E-state index is 12.5. The minimum absolute atomic E-state index is 0.0993. The van der Waals surface area contributed by atoms with E-state index in [1.54, 1.807) is 6.08 Å². The average Bonchev–Trinajstić information content (AvgIpc) is 2.99. The normalized spacial score (nSPS) is 14.2. The molecule has 0 saturated heterocycles. The van der Waals surface area contributed by atoms with E-state index in [0.717, 1.165) is 15.2 Å². The Hall–Kier alpha value is -2.41. The summed E-state index contributed by atoms with van der Waals surface area (Å²) in [5, 5.41) is 6.52. The van der Waals surface area contributed by atoms with Gasteiger partial charge in [0.2, 0.25) is 5.91 Å². The van der Waals surface area contributed by atoms with Gasteiger partial charge in [-0.3, -0.25) is 4.79 Å². The number of carbonyl (C=O) groups excluding carboxylic acids is 2. The van der Waals surface area contributed by atoms with Crippen molar-refractivity contribution in [3.63, 3.8) is 0 Å². The molecule has 2 N–H and O–H groups in total. The van der Waals surface area contributed by atoms with Gasteiger partial charge in [-0.2, -0.15) is 0 Å². The molecule has 1 heterocycles. The van der Waals surface area contributed by atoms with E-state index in [4.69, 9.17) is 4.74 Å². The van der Waals surface area contributed by atoms with Crippen LogP contribution in [0.3, 0.4) is 0 Å². The highest BCUT2D eigenvalue weighted by atomic mass is 32.1. The predicted octanol–water partition coefficient (Wildman–Crippen LogP) is 4.37. The van der Waals surface area contributed by atoms with E-state index in [1.165, 1.54) is 17.4 Å². The number of thiazole rings is 1. The smallest absolute Gasteiger partial charge is 0.407 e. The Kier molecular flexibility index (Phi) is 6.82. The number of amides is 2. The summed E-state index contributed by atoms with van der Waals surface area (Å²) in [4.78, 5) is 28.9. The molecule has 0 bridgehead atoms. The SMILES string of the molecule is CC(C)C(C)(CNC(=O)OC(C)(C)C)NC(=O)C=Cc1nc2ccccc2s1. The molecule has 1 aromatic heterocycles. The van der Waals surface area contributed by atoms with E-state index in [9.17, 15) is 9.59 Å². The Morgan fingerprint density at radius 3 is 2.50 bits per heavy atom. The minimum atomic E-state index is -0.619. The lowest BCUT2D eigenvalue weighted by Crippen LogP contribution is -2.56. The molecule has 0 aliphatic heterocycles. The lowest BCUT2D eigenvalue weighted by atomic mass is 9.88. The zero-order chi connectivity index (χ0) is 20.9. The third-order valence-corrected chi connectivity index (χ3v) is 5.37. The van der Waals surface area contributed by atoms with Crippen LogP contribution in [0, 0.1) is 5.92 Å². The molecule has 0 aliphatic rings. The van der Waals surface area contributed by atoms with E-state index in [-0.39, 0.29) is 18.4 Å². The molecule has 6 nitrogen and oxygen atoms in total. The highest BCUT2D eigenvalue weighted by Gasteiger charge is 2.31. The molecule has 2 amide bonds. The van der Waals surface area contributed by atoms with E-state index < -0.39 is 17.2 Å². The predicted molar refractivity (Wildman–Crippen MR) is 114 cm³/mol. The first-order valence-electron chi connectivity index (χ1n) is 9.31. The molecule has 1 unspecified atom stereocenters. The number of hydrogen-bond donors (Lipinski definition) is 2. The Morgan fingerprint density at radius 2 is 1.89 bits per heavy atom. The summed E-state index contributed by atoms with van der Waals surface area (Å²) >= 11 is 1.53. The van der Waals surface area contributed by atoms with Crippen molar-refractivity contribution in [1.29, 1.82) is 0 Å². The summed E-state index contributed by atoms with van der Waals surface area (Å²) in [5.41, 5.74) is -0.269. The van der Waals surface area contributed by atoms with Gasteiger partial charge in [0.15, 0.2) is 0 Å². The van der Waals surface area contributed by atoms with Crippen LogP contribution in [0.1, 0.15) is 46.6 Å². The summed E-state index contributed by atoms with van der Waals surface area (Å²) < 4.78 is 6.35. The van der Waals surface area contributed by atoms with E-state index in [1.807, 2.05) is 65.8 Å². The van der Waals surface area contributed by atoms with Crippen LogP contribution in [0.15, 0.2) is 30.3 Å². The van der Waals surface area contributed by atoms with Gasteiger partial charge >= 0.3 is 6.09 Å². The van der Waals surface area contributed by atoms with Gasteiger partial charge in [-0.25, -0.2) is 9.78 Å². The van der Waals surface area contributed by atoms with Crippen molar-refractivity contribution in [3.05, 3.63) is 35.3 Å². The van der Waals surface area contributed by atoms with Crippen LogP contribution in [-0.4, -0.2) is 34.7 Å². The molecule has 2 rings (SSSR count). The molecular formula is C21H29N3O3S. The Labute approximate surface area is 170 Å². The van der Waals surface area contributed by atoms with Gasteiger partial charge in [0.25, 0.3) is 0 Å². The number of fused-ring (bicyclic) bond motifs is 1. The molecular weight excluding hydrogens is 374 g/mol. The Morgan fingerprint density at radius 1 is 1.21 bits per heavy atom. The third-order valence-electron chi connectivity index (χ3n) is 4.37. The van der Waals surface area contributed by atoms with Crippen molar-refractivity contribution in [2.45, 2.75) is 52.7 Å². The number of aromatic nitrogens is 1. The summed E-state index contributed by atoms with van der Waals surface area (Å²) in [6, 6.07) is 7.85. The van der Waals surface area contributed by atoms with Crippen LogP contribution in [0.2, 0.25) is 0 Å². The van der Waals surface area contributed by atoms with Crippen LogP contribution >= 0.6 is 11.3 Å². The number of para-hydroxylation sites is 1. The molecule has 7 heteroatoms. The molecule has 0 spiro atoms. The molecule has 28 heavy (non-hydrogen) atoms. The number of alkyl carbamates (subject to hydrolysis) is 1. The van der Waals surface area contributed by atoms with Crippen molar-refractivity contribution in [2.24, 2.45) is 5.92 Å². The number of hydrogen-bond acceptors (Lipinski definition) is 5. The van der Waals surface area contributed by atoms with Crippen molar-refractivity contribution < 1.29 is 14.3 Å². The second kappa shape index (κ2) is 8.73. The number of carbonyl (C=O) groups is 2. The Bertz CT molecular complexity index is 834. The molecule has 0 radical (unpaired) electrons. The largest absolute Gasteiger partial charge is 0.444 e. The van der Waals surface area contributed by atoms with Crippen LogP contribution in [0.25, 0.3) is 16.3 Å². The van der Waals surface area contributed by atoms with Gasteiger partial charge in [0, 0.05) is 12.6 Å². The first-order valence-corrected chi connectivity index (χ1v) is 10.1. The topological polar surface area (TPSA) is 80.3 Å². The molecule has 2 aromatic rings. The first-order chi connectivity index (χ1) is 13.0. The van der Waals surface area contributed by atoms with E-state index in [0.29, 0.717) is 0 Å². The van der Waals surface area contributed by atoms with Crippen LogP contribution in [-0.2, 0) is 9.53 Å². The minimum Gasteiger partial charge on any atom is -0.444 e. The average molecular weight is 404 g/mol. The van der Waals surface area contributed by atoms with E-state index in [2.05, 4.69) is 15.6 Å². The standard InChI is InChI=1S/C21H29N3O3S/c1-14(2)21(6,13-22-19(26)27-20(3,4)5)24-17(25)11-12-18-23-15-9-7-8-10-16(15)28-18/h7-12,14H,13H2,1-6H3,(H,22,26)(H,24,25). The monoisotopic (exact) mass is 403 g/mol. The molecule has 0 fully saturated rings. The second-order valence-electron chi connectivity index (χ2n) is 8.27. The van der Waals surface area contributed by atoms with Crippen molar-refractivity contribution >= 4 is 39.6 Å². The number of nitrogens with zero attached hydrogens (tertiary/aromatic N) is 1. The number of nitrogens with one attached hydrogen (secondary N) is 2. The number of rotatable bonds is 6. The number of ether oxygens (including phenoxy) is 1. The van der Waals surface area contributed by atoms with Crippen LogP contribution < -0.4 is 10.6 Å². The molecule has 1 atom stereocenters. The number of benzene rings is 1. The second-order valence-corrected chi connectivity index (χ2v) is 9.33. The Balaban J connectivity index is 1.99. The maximum absolute atomic E-state index is 12.5. The zero-order valence-corrected chi connectivity index (χ0v) is 18.1. The van der Waals surface area contributed by atoms with Gasteiger partial charge in [-0.05, 0) is 51.8 Å². The van der Waals surface area contributed by atoms with Crippen molar-refractivity contribution in [3.8, 4) is 0 Å². The fourth-order valence-corrected chi connectivity index (χ4v) is 3.26. The lowest BCUT2D eigenvalue weighted by molar-refractivity contribution is -0.118. The molecule has 152 valence electrons. The van der Waals surface area contributed by atoms with Crippen LogP contribution in [0.5, 0.6) is 0 Å². The highest BCUT2D eigenvalue weighted by Crippen LogP contribution is 2.22. The van der Waals surface area contributed by atoms with Gasteiger partial charge < -0.3 is 15.4 Å².